The number of hydrogen-bond donors (Lipinski definition) is 0. The van der Waals surface area contributed by atoms with Crippen molar-refractivity contribution in [3.05, 3.63) is 29.6 Å². The molecule has 0 bridgehead atoms. The minimum atomic E-state index is -0.269. The van der Waals surface area contributed by atoms with Gasteiger partial charge in [-0.3, -0.25) is 0 Å². The van der Waals surface area contributed by atoms with Crippen LogP contribution in [0, 0.1) is 11.7 Å². The smallest absolute Gasteiger partial charge is 0.165 e. The molecule has 0 aromatic heterocycles. The highest BCUT2D eigenvalue weighted by Crippen LogP contribution is 2.30. The van der Waals surface area contributed by atoms with Gasteiger partial charge in [-0.2, -0.15) is 0 Å². The van der Waals surface area contributed by atoms with Crippen molar-refractivity contribution in [2.45, 2.75) is 33.1 Å². The van der Waals surface area contributed by atoms with Gasteiger partial charge in [0.25, 0.3) is 0 Å². The minimum Gasteiger partial charge on any atom is -0.494 e. The summed E-state index contributed by atoms with van der Waals surface area (Å²) in [7, 11) is 1.48. The molecule has 0 aliphatic heterocycles. The van der Waals surface area contributed by atoms with Crippen LogP contribution in [-0.4, -0.2) is 7.11 Å². The second kappa shape index (κ2) is 5.15. The fourth-order valence-electron chi connectivity index (χ4n) is 2.01. The molecule has 0 saturated heterocycles. The highest BCUT2D eigenvalue weighted by atomic mass is 19.1. The molecule has 1 aromatic rings. The summed E-state index contributed by atoms with van der Waals surface area (Å²) in [6.07, 6.45) is 1.03. The zero-order chi connectivity index (χ0) is 11.4. The molecule has 1 atom stereocenters. The van der Waals surface area contributed by atoms with Crippen molar-refractivity contribution < 1.29 is 9.13 Å². The Morgan fingerprint density at radius 1 is 1.33 bits per heavy atom. The van der Waals surface area contributed by atoms with Crippen LogP contribution < -0.4 is 4.74 Å². The van der Waals surface area contributed by atoms with Gasteiger partial charge in [-0.1, -0.05) is 26.8 Å². The average Bonchev–Trinajstić information content (AvgIpc) is 2.18. The van der Waals surface area contributed by atoms with Gasteiger partial charge >= 0.3 is 0 Å². The number of hydrogen-bond acceptors (Lipinski definition) is 1. The maximum absolute atomic E-state index is 13.5. The molecule has 0 saturated carbocycles. The second-order valence-corrected chi connectivity index (χ2v) is 4.15. The first-order valence-corrected chi connectivity index (χ1v) is 5.43. The number of methoxy groups -OCH3 is 1. The third-order valence-electron chi connectivity index (χ3n) is 2.85. The van der Waals surface area contributed by atoms with E-state index in [2.05, 4.69) is 20.8 Å². The minimum absolute atomic E-state index is 0.269. The van der Waals surface area contributed by atoms with Gasteiger partial charge in [0.05, 0.1) is 7.11 Å². The van der Waals surface area contributed by atoms with E-state index in [9.17, 15) is 4.39 Å². The monoisotopic (exact) mass is 210 g/mol. The van der Waals surface area contributed by atoms with E-state index in [-0.39, 0.29) is 5.82 Å². The Labute approximate surface area is 91.3 Å². The van der Waals surface area contributed by atoms with Crippen LogP contribution in [0.2, 0.25) is 0 Å². The molecular weight excluding hydrogens is 191 g/mol. The molecule has 0 spiro atoms. The van der Waals surface area contributed by atoms with Gasteiger partial charge in [-0.25, -0.2) is 4.39 Å². The van der Waals surface area contributed by atoms with E-state index >= 15 is 0 Å². The normalized spacial score (nSPS) is 12.9. The van der Waals surface area contributed by atoms with E-state index in [1.54, 1.807) is 12.1 Å². The van der Waals surface area contributed by atoms with E-state index in [0.717, 1.165) is 12.0 Å². The molecule has 2 heteroatoms. The predicted octanol–water partition coefficient (Wildman–Crippen LogP) is 3.98. The molecule has 0 aliphatic rings. The molecule has 0 amide bonds. The molecule has 0 heterocycles. The van der Waals surface area contributed by atoms with E-state index < -0.39 is 0 Å². The van der Waals surface area contributed by atoms with Crippen molar-refractivity contribution >= 4 is 0 Å². The molecule has 0 fully saturated rings. The number of rotatable bonds is 4. The van der Waals surface area contributed by atoms with Crippen molar-refractivity contribution in [1.82, 2.24) is 0 Å². The third kappa shape index (κ3) is 2.71. The van der Waals surface area contributed by atoms with E-state index in [1.807, 2.05) is 6.07 Å². The van der Waals surface area contributed by atoms with Crippen LogP contribution in [0.4, 0.5) is 4.39 Å². The molecule has 1 rings (SSSR count). The Morgan fingerprint density at radius 2 is 2.00 bits per heavy atom. The van der Waals surface area contributed by atoms with E-state index in [0.29, 0.717) is 17.6 Å². The van der Waals surface area contributed by atoms with Crippen LogP contribution in [-0.2, 0) is 0 Å². The molecule has 0 unspecified atom stereocenters. The first-order chi connectivity index (χ1) is 7.10. The summed E-state index contributed by atoms with van der Waals surface area (Å²) in [4.78, 5) is 0. The van der Waals surface area contributed by atoms with Crippen LogP contribution >= 0.6 is 0 Å². The zero-order valence-electron chi connectivity index (χ0n) is 9.88. The van der Waals surface area contributed by atoms with Crippen LogP contribution in [0.25, 0.3) is 0 Å². The summed E-state index contributed by atoms with van der Waals surface area (Å²) in [5, 5.41) is 0. The van der Waals surface area contributed by atoms with Crippen molar-refractivity contribution in [3.63, 3.8) is 0 Å². The van der Waals surface area contributed by atoms with Crippen molar-refractivity contribution in [2.75, 3.05) is 7.11 Å². The molecular formula is C13H19FO. The largest absolute Gasteiger partial charge is 0.494 e. The van der Waals surface area contributed by atoms with Crippen LogP contribution in [0.15, 0.2) is 18.2 Å². The molecule has 1 aromatic carbocycles. The molecule has 84 valence electrons. The Bertz CT molecular complexity index is 320. The summed E-state index contributed by atoms with van der Waals surface area (Å²) in [6.45, 7) is 6.46. The lowest BCUT2D eigenvalue weighted by molar-refractivity contribution is 0.384. The number of halogens is 1. The van der Waals surface area contributed by atoms with Crippen molar-refractivity contribution in [1.29, 1.82) is 0 Å². The lowest BCUT2D eigenvalue weighted by Crippen LogP contribution is -2.06. The highest BCUT2D eigenvalue weighted by Gasteiger charge is 2.15. The molecule has 15 heavy (non-hydrogen) atoms. The zero-order valence-corrected chi connectivity index (χ0v) is 9.88. The van der Waals surface area contributed by atoms with E-state index in [1.165, 1.54) is 7.11 Å². The summed E-state index contributed by atoms with van der Waals surface area (Å²) in [5.41, 5.74) is 1.06. The number of benzene rings is 1. The lowest BCUT2D eigenvalue weighted by Gasteiger charge is -2.19. The summed E-state index contributed by atoms with van der Waals surface area (Å²) >= 11 is 0. The summed E-state index contributed by atoms with van der Waals surface area (Å²) < 4.78 is 18.4. The summed E-state index contributed by atoms with van der Waals surface area (Å²) in [5.74, 6) is 1.000. The summed E-state index contributed by atoms with van der Waals surface area (Å²) in [6, 6.07) is 5.25. The number of ether oxygens (including phenoxy) is 1. The lowest BCUT2D eigenvalue weighted by atomic mass is 9.86. The molecule has 0 radical (unpaired) electrons. The van der Waals surface area contributed by atoms with Gasteiger partial charge in [-0.15, -0.1) is 0 Å². The van der Waals surface area contributed by atoms with Crippen LogP contribution in [0.5, 0.6) is 5.75 Å². The standard InChI is InChI=1S/C13H19FO/c1-5-11(9(2)3)10-6-7-13(15-4)12(14)8-10/h6-9,11H,5H2,1-4H3/t11-/m0/s1. The maximum atomic E-state index is 13.5. The fraction of sp³-hybridized carbons (Fsp3) is 0.538. The van der Waals surface area contributed by atoms with Gasteiger partial charge in [0, 0.05) is 0 Å². The molecule has 1 nitrogen and oxygen atoms in total. The third-order valence-corrected chi connectivity index (χ3v) is 2.85. The van der Waals surface area contributed by atoms with Crippen LogP contribution in [0.3, 0.4) is 0 Å². The average molecular weight is 210 g/mol. The fourth-order valence-corrected chi connectivity index (χ4v) is 2.01. The Morgan fingerprint density at radius 3 is 2.40 bits per heavy atom. The first kappa shape index (κ1) is 12.0. The van der Waals surface area contributed by atoms with Gasteiger partial charge in [0.15, 0.2) is 11.6 Å². The van der Waals surface area contributed by atoms with Crippen molar-refractivity contribution in [2.24, 2.45) is 5.92 Å². The SMILES string of the molecule is CC[C@H](c1ccc(OC)c(F)c1)C(C)C. The van der Waals surface area contributed by atoms with Gasteiger partial charge < -0.3 is 4.74 Å². The van der Waals surface area contributed by atoms with E-state index in [4.69, 9.17) is 4.74 Å². The van der Waals surface area contributed by atoms with Gasteiger partial charge in [-0.05, 0) is 36.0 Å². The Kier molecular flexibility index (Phi) is 4.13. The van der Waals surface area contributed by atoms with Crippen LogP contribution in [0.1, 0.15) is 38.7 Å². The maximum Gasteiger partial charge on any atom is 0.165 e. The topological polar surface area (TPSA) is 9.23 Å². The van der Waals surface area contributed by atoms with Gasteiger partial charge in [0.1, 0.15) is 0 Å². The quantitative estimate of drug-likeness (QED) is 0.730. The molecule has 0 N–H and O–H groups in total. The Balaban J connectivity index is 3.00. The second-order valence-electron chi connectivity index (χ2n) is 4.15. The highest BCUT2D eigenvalue weighted by molar-refractivity contribution is 5.31. The molecule has 0 aliphatic carbocycles. The first-order valence-electron chi connectivity index (χ1n) is 5.43. The predicted molar refractivity (Wildman–Crippen MR) is 60.8 cm³/mol. The van der Waals surface area contributed by atoms with Crippen molar-refractivity contribution in [3.8, 4) is 5.75 Å². The van der Waals surface area contributed by atoms with Gasteiger partial charge in [0.2, 0.25) is 0 Å². The Hall–Kier alpha value is -1.05.